The number of likely N-dealkylation sites (N-methyl/N-ethyl adjacent to an activating group) is 1. The Kier molecular flexibility index (Phi) is 8.92. The third kappa shape index (κ3) is 7.34. The van der Waals surface area contributed by atoms with Gasteiger partial charge in [0.25, 0.3) is 0 Å². The van der Waals surface area contributed by atoms with Crippen molar-refractivity contribution in [2.45, 2.75) is 33.1 Å². The average Bonchev–Trinajstić information content (AvgIpc) is 2.84. The van der Waals surface area contributed by atoms with E-state index in [4.69, 9.17) is 4.99 Å². The zero-order valence-corrected chi connectivity index (χ0v) is 17.1. The van der Waals surface area contributed by atoms with Crippen molar-refractivity contribution in [1.82, 2.24) is 20.4 Å². The van der Waals surface area contributed by atoms with E-state index in [0.29, 0.717) is 5.92 Å². The molecule has 0 aliphatic carbocycles. The minimum atomic E-state index is 0.423. The second-order valence-electron chi connectivity index (χ2n) is 7.46. The predicted molar refractivity (Wildman–Crippen MR) is 112 cm³/mol. The molecule has 26 heavy (non-hydrogen) atoms. The Bertz CT molecular complexity index is 540. The van der Waals surface area contributed by atoms with E-state index in [-0.39, 0.29) is 0 Å². The Labute approximate surface area is 159 Å². The molecule has 0 spiro atoms. The predicted octanol–water partition coefficient (Wildman–Crippen LogP) is 2.29. The smallest absolute Gasteiger partial charge is 0.191 e. The Hall–Kier alpha value is -1.59. The van der Waals surface area contributed by atoms with E-state index in [1.807, 2.05) is 0 Å². The lowest BCUT2D eigenvalue weighted by Crippen LogP contribution is -2.42. The van der Waals surface area contributed by atoms with Crippen LogP contribution < -0.4 is 10.6 Å². The molecule has 1 aliphatic heterocycles. The van der Waals surface area contributed by atoms with Gasteiger partial charge in [0.15, 0.2) is 5.96 Å². The van der Waals surface area contributed by atoms with E-state index >= 15 is 0 Å². The van der Waals surface area contributed by atoms with E-state index in [0.717, 1.165) is 38.7 Å². The molecule has 1 aromatic rings. The molecule has 146 valence electrons. The summed E-state index contributed by atoms with van der Waals surface area (Å²) in [5.41, 5.74) is 2.66. The van der Waals surface area contributed by atoms with Crippen LogP contribution in [-0.4, -0.2) is 75.2 Å². The first-order chi connectivity index (χ1) is 12.6. The lowest BCUT2D eigenvalue weighted by Gasteiger charge is -2.21. The zero-order valence-electron chi connectivity index (χ0n) is 17.1. The van der Waals surface area contributed by atoms with Crippen molar-refractivity contribution < 1.29 is 0 Å². The van der Waals surface area contributed by atoms with Crippen molar-refractivity contribution in [1.29, 1.82) is 0 Å². The van der Waals surface area contributed by atoms with Crippen molar-refractivity contribution in [2.24, 2.45) is 4.99 Å². The SMILES string of the molecule is CCNC(=NCC(C)c1ccc(C)cc1)NCCN1CCCN(C)CC1. The quantitative estimate of drug-likeness (QED) is 0.579. The molecule has 1 heterocycles. The van der Waals surface area contributed by atoms with Gasteiger partial charge in [-0.05, 0) is 46.0 Å². The van der Waals surface area contributed by atoms with Gasteiger partial charge in [0.1, 0.15) is 0 Å². The summed E-state index contributed by atoms with van der Waals surface area (Å²) in [7, 11) is 2.22. The van der Waals surface area contributed by atoms with Gasteiger partial charge in [-0.25, -0.2) is 0 Å². The summed E-state index contributed by atoms with van der Waals surface area (Å²) in [4.78, 5) is 9.77. The third-order valence-electron chi connectivity index (χ3n) is 5.05. The molecule has 1 unspecified atom stereocenters. The number of hydrogen-bond donors (Lipinski definition) is 2. The van der Waals surface area contributed by atoms with Gasteiger partial charge in [0, 0.05) is 45.2 Å². The number of hydrogen-bond acceptors (Lipinski definition) is 3. The highest BCUT2D eigenvalue weighted by Crippen LogP contribution is 2.15. The summed E-state index contributed by atoms with van der Waals surface area (Å²) < 4.78 is 0. The monoisotopic (exact) mass is 359 g/mol. The fourth-order valence-corrected chi connectivity index (χ4v) is 3.23. The van der Waals surface area contributed by atoms with Gasteiger partial charge in [-0.1, -0.05) is 36.8 Å². The van der Waals surface area contributed by atoms with Crippen LogP contribution in [0, 0.1) is 6.92 Å². The summed E-state index contributed by atoms with van der Waals surface area (Å²) in [5, 5.41) is 6.87. The minimum absolute atomic E-state index is 0.423. The topological polar surface area (TPSA) is 42.9 Å². The van der Waals surface area contributed by atoms with Gasteiger partial charge in [0.05, 0.1) is 0 Å². The molecule has 1 aliphatic rings. The van der Waals surface area contributed by atoms with Gasteiger partial charge < -0.3 is 20.4 Å². The van der Waals surface area contributed by atoms with Crippen LogP contribution in [0.25, 0.3) is 0 Å². The molecule has 5 heteroatoms. The first-order valence-corrected chi connectivity index (χ1v) is 10.1. The van der Waals surface area contributed by atoms with Gasteiger partial charge >= 0.3 is 0 Å². The lowest BCUT2D eigenvalue weighted by atomic mass is 10.0. The first kappa shape index (κ1) is 20.7. The molecule has 0 amide bonds. The van der Waals surface area contributed by atoms with Crippen LogP contribution in [0.2, 0.25) is 0 Å². The van der Waals surface area contributed by atoms with Crippen LogP contribution in [-0.2, 0) is 0 Å². The van der Waals surface area contributed by atoms with Crippen molar-refractivity contribution >= 4 is 5.96 Å². The maximum atomic E-state index is 4.79. The van der Waals surface area contributed by atoms with E-state index in [1.54, 1.807) is 0 Å². The van der Waals surface area contributed by atoms with Gasteiger partial charge in [-0.2, -0.15) is 0 Å². The van der Waals surface area contributed by atoms with Gasteiger partial charge in [-0.15, -0.1) is 0 Å². The Morgan fingerprint density at radius 1 is 1.12 bits per heavy atom. The van der Waals surface area contributed by atoms with Crippen LogP contribution in [0.3, 0.4) is 0 Å². The largest absolute Gasteiger partial charge is 0.357 e. The van der Waals surface area contributed by atoms with Crippen LogP contribution in [0.5, 0.6) is 0 Å². The molecule has 2 rings (SSSR count). The van der Waals surface area contributed by atoms with Crippen molar-refractivity contribution in [2.75, 3.05) is 59.4 Å². The number of nitrogens with zero attached hydrogens (tertiary/aromatic N) is 3. The van der Waals surface area contributed by atoms with E-state index < -0.39 is 0 Å². The normalized spacial score (nSPS) is 18.4. The van der Waals surface area contributed by atoms with Crippen LogP contribution in [0.15, 0.2) is 29.3 Å². The molecule has 1 aromatic carbocycles. The summed E-state index contributed by atoms with van der Waals surface area (Å²) >= 11 is 0. The maximum Gasteiger partial charge on any atom is 0.191 e. The Morgan fingerprint density at radius 2 is 1.88 bits per heavy atom. The fourth-order valence-electron chi connectivity index (χ4n) is 3.23. The number of nitrogens with one attached hydrogen (secondary N) is 2. The molecule has 0 bridgehead atoms. The zero-order chi connectivity index (χ0) is 18.8. The maximum absolute atomic E-state index is 4.79. The highest BCUT2D eigenvalue weighted by atomic mass is 15.2. The molecule has 0 saturated carbocycles. The summed E-state index contributed by atoms with van der Waals surface area (Å²) in [6, 6.07) is 8.79. The molecule has 1 atom stereocenters. The van der Waals surface area contributed by atoms with Crippen LogP contribution in [0.4, 0.5) is 0 Å². The molecule has 5 nitrogen and oxygen atoms in total. The Balaban J connectivity index is 1.79. The molecular formula is C21H37N5. The Morgan fingerprint density at radius 3 is 2.62 bits per heavy atom. The lowest BCUT2D eigenvalue weighted by molar-refractivity contribution is 0.280. The molecule has 0 aromatic heterocycles. The van der Waals surface area contributed by atoms with Crippen molar-refractivity contribution in [3.63, 3.8) is 0 Å². The number of rotatable bonds is 7. The molecule has 0 radical (unpaired) electrons. The summed E-state index contributed by atoms with van der Waals surface area (Å²) in [5.74, 6) is 1.35. The molecule has 1 fully saturated rings. The minimum Gasteiger partial charge on any atom is -0.357 e. The second kappa shape index (κ2) is 11.2. The van der Waals surface area contributed by atoms with Crippen LogP contribution >= 0.6 is 0 Å². The van der Waals surface area contributed by atoms with Crippen LogP contribution in [0.1, 0.15) is 37.3 Å². The molecule has 2 N–H and O–H groups in total. The van der Waals surface area contributed by atoms with Gasteiger partial charge in [0.2, 0.25) is 0 Å². The van der Waals surface area contributed by atoms with Crippen molar-refractivity contribution in [3.05, 3.63) is 35.4 Å². The van der Waals surface area contributed by atoms with Crippen molar-refractivity contribution in [3.8, 4) is 0 Å². The second-order valence-corrected chi connectivity index (χ2v) is 7.46. The van der Waals surface area contributed by atoms with Gasteiger partial charge in [-0.3, -0.25) is 4.99 Å². The molecule has 1 saturated heterocycles. The summed E-state index contributed by atoms with van der Waals surface area (Å²) in [6.07, 6.45) is 1.26. The number of guanidine groups is 1. The number of aliphatic imine (C=N–C) groups is 1. The highest BCUT2D eigenvalue weighted by Gasteiger charge is 2.11. The number of aryl methyl sites for hydroxylation is 1. The highest BCUT2D eigenvalue weighted by molar-refractivity contribution is 5.79. The fraction of sp³-hybridized carbons (Fsp3) is 0.667. The summed E-state index contributed by atoms with van der Waals surface area (Å²) in [6.45, 7) is 14.9. The van der Waals surface area contributed by atoms with E-state index in [2.05, 4.69) is 72.5 Å². The third-order valence-corrected chi connectivity index (χ3v) is 5.05. The molecular weight excluding hydrogens is 322 g/mol. The standard InChI is InChI=1S/C21H37N5/c1-5-22-21(23-11-14-26-13-6-12-25(4)15-16-26)24-17-19(3)20-9-7-18(2)8-10-20/h7-10,19H,5-6,11-17H2,1-4H3,(H2,22,23,24). The number of benzene rings is 1. The van der Waals surface area contributed by atoms with E-state index in [9.17, 15) is 0 Å². The average molecular weight is 360 g/mol. The van der Waals surface area contributed by atoms with E-state index in [1.165, 1.54) is 37.2 Å². The first-order valence-electron chi connectivity index (χ1n) is 10.1.